The summed E-state index contributed by atoms with van der Waals surface area (Å²) in [4.78, 5) is 30.3. The molecule has 1 aromatic heterocycles. The zero-order valence-corrected chi connectivity index (χ0v) is 14.1. The average Bonchev–Trinajstić information content (AvgIpc) is 2.69. The summed E-state index contributed by atoms with van der Waals surface area (Å²) in [5.74, 6) is -1.02. The number of anilines is 1. The fraction of sp³-hybridized carbons (Fsp3) is 0.0500. The largest absolute Gasteiger partial charge is 0.406 e. The Bertz CT molecular complexity index is 1070. The van der Waals surface area contributed by atoms with E-state index in [1.165, 1.54) is 42.6 Å². The molecule has 0 bridgehead atoms. The molecular formula is C20H14FN3O3. The third-order valence-corrected chi connectivity index (χ3v) is 3.74. The van der Waals surface area contributed by atoms with Crippen molar-refractivity contribution in [1.29, 1.82) is 5.26 Å². The molecule has 0 saturated heterocycles. The number of amides is 1. The van der Waals surface area contributed by atoms with Crippen LogP contribution in [0.4, 0.5) is 10.1 Å². The number of nitrogens with one attached hydrogen (secondary N) is 1. The first kappa shape index (κ1) is 17.9. The summed E-state index contributed by atoms with van der Waals surface area (Å²) in [6, 6.07) is 17.0. The predicted octanol–water partition coefficient (Wildman–Crippen LogP) is 2.74. The summed E-state index contributed by atoms with van der Waals surface area (Å²) < 4.78 is 13.9. The van der Waals surface area contributed by atoms with Gasteiger partial charge in [0.25, 0.3) is 11.5 Å². The van der Waals surface area contributed by atoms with Crippen molar-refractivity contribution in [3.63, 3.8) is 0 Å². The molecule has 7 heteroatoms. The van der Waals surface area contributed by atoms with E-state index in [4.69, 9.17) is 10.1 Å². The molecule has 1 heterocycles. The molecule has 0 aliphatic carbocycles. The van der Waals surface area contributed by atoms with Crippen LogP contribution in [0.1, 0.15) is 21.5 Å². The lowest BCUT2D eigenvalue weighted by Crippen LogP contribution is -2.32. The van der Waals surface area contributed by atoms with Crippen LogP contribution < -0.4 is 15.7 Å². The van der Waals surface area contributed by atoms with Gasteiger partial charge in [-0.15, -0.1) is 0 Å². The molecule has 3 aromatic rings. The Hall–Kier alpha value is -3.92. The summed E-state index contributed by atoms with van der Waals surface area (Å²) in [6.45, 7) is 0.0303. The standard InChI is InChI=1S/C20H14FN3O3/c21-16-9-7-14(8-10-16)13-27-24-11-3-5-17(20(24)26)19(25)23-18-6-2-1-4-15(18)12-22/h1-11H,13H2,(H,23,25). The first-order valence-corrected chi connectivity index (χ1v) is 7.98. The second-order valence-corrected chi connectivity index (χ2v) is 5.56. The molecule has 6 nitrogen and oxygen atoms in total. The number of rotatable bonds is 5. The first-order valence-electron chi connectivity index (χ1n) is 7.98. The number of carbonyl (C=O) groups is 1. The van der Waals surface area contributed by atoms with E-state index in [0.29, 0.717) is 11.3 Å². The third kappa shape index (κ3) is 4.19. The summed E-state index contributed by atoms with van der Waals surface area (Å²) >= 11 is 0. The lowest BCUT2D eigenvalue weighted by molar-refractivity contribution is 0.0863. The molecule has 3 rings (SSSR count). The highest BCUT2D eigenvalue weighted by Gasteiger charge is 2.14. The number of hydrogen-bond acceptors (Lipinski definition) is 4. The van der Waals surface area contributed by atoms with Gasteiger partial charge in [-0.3, -0.25) is 9.59 Å². The molecule has 0 aliphatic heterocycles. The van der Waals surface area contributed by atoms with Crippen molar-refractivity contribution in [3.05, 3.63) is 99.7 Å². The molecule has 1 amide bonds. The van der Waals surface area contributed by atoms with Gasteiger partial charge < -0.3 is 10.2 Å². The number of nitrogens with zero attached hydrogens (tertiary/aromatic N) is 2. The van der Waals surface area contributed by atoms with E-state index in [0.717, 1.165) is 4.73 Å². The Morgan fingerprint density at radius 1 is 1.11 bits per heavy atom. The van der Waals surface area contributed by atoms with E-state index in [-0.39, 0.29) is 23.6 Å². The number of benzene rings is 2. The second-order valence-electron chi connectivity index (χ2n) is 5.56. The Balaban J connectivity index is 1.78. The van der Waals surface area contributed by atoms with Crippen molar-refractivity contribution >= 4 is 11.6 Å². The van der Waals surface area contributed by atoms with Gasteiger partial charge in [-0.2, -0.15) is 9.99 Å². The highest BCUT2D eigenvalue weighted by atomic mass is 19.1. The highest BCUT2D eigenvalue weighted by Crippen LogP contribution is 2.14. The van der Waals surface area contributed by atoms with E-state index < -0.39 is 11.5 Å². The number of aromatic nitrogens is 1. The van der Waals surface area contributed by atoms with Crippen molar-refractivity contribution in [3.8, 4) is 6.07 Å². The molecule has 1 N–H and O–H groups in total. The van der Waals surface area contributed by atoms with Crippen LogP contribution in [0, 0.1) is 17.1 Å². The molecule has 0 radical (unpaired) electrons. The van der Waals surface area contributed by atoms with Crippen molar-refractivity contribution in [2.24, 2.45) is 0 Å². The lowest BCUT2D eigenvalue weighted by atomic mass is 10.2. The topological polar surface area (TPSA) is 84.1 Å². The van der Waals surface area contributed by atoms with Crippen LogP contribution in [-0.2, 0) is 6.61 Å². The molecule has 0 atom stereocenters. The van der Waals surface area contributed by atoms with Gasteiger partial charge in [0.15, 0.2) is 0 Å². The van der Waals surface area contributed by atoms with Gasteiger partial charge in [0, 0.05) is 6.20 Å². The Morgan fingerprint density at radius 2 is 1.85 bits per heavy atom. The minimum atomic E-state index is -0.651. The number of pyridine rings is 1. The molecule has 0 unspecified atom stereocenters. The minimum absolute atomic E-state index is 0.0303. The smallest absolute Gasteiger partial charge is 0.295 e. The zero-order chi connectivity index (χ0) is 19.2. The Labute approximate surface area is 154 Å². The fourth-order valence-corrected chi connectivity index (χ4v) is 2.35. The van der Waals surface area contributed by atoms with E-state index in [2.05, 4.69) is 5.32 Å². The van der Waals surface area contributed by atoms with Crippen molar-refractivity contribution in [2.75, 3.05) is 5.32 Å². The summed E-state index contributed by atoms with van der Waals surface area (Å²) in [6.07, 6.45) is 1.38. The lowest BCUT2D eigenvalue weighted by Gasteiger charge is -2.10. The SMILES string of the molecule is N#Cc1ccccc1NC(=O)c1cccn(OCc2ccc(F)cc2)c1=O. The van der Waals surface area contributed by atoms with Crippen LogP contribution >= 0.6 is 0 Å². The quantitative estimate of drug-likeness (QED) is 0.755. The second kappa shape index (κ2) is 7.97. The molecule has 0 saturated carbocycles. The van der Waals surface area contributed by atoms with E-state index in [9.17, 15) is 14.0 Å². The molecular weight excluding hydrogens is 349 g/mol. The van der Waals surface area contributed by atoms with Gasteiger partial charge in [0.05, 0.1) is 11.3 Å². The number of para-hydroxylation sites is 1. The van der Waals surface area contributed by atoms with Crippen LogP contribution in [-0.4, -0.2) is 10.6 Å². The van der Waals surface area contributed by atoms with Gasteiger partial charge in [-0.1, -0.05) is 24.3 Å². The number of carbonyl (C=O) groups excluding carboxylic acids is 1. The molecule has 0 fully saturated rings. The third-order valence-electron chi connectivity index (χ3n) is 3.74. The fourth-order valence-electron chi connectivity index (χ4n) is 2.35. The van der Waals surface area contributed by atoms with Crippen molar-refractivity contribution in [2.45, 2.75) is 6.61 Å². The molecule has 0 spiro atoms. The van der Waals surface area contributed by atoms with Gasteiger partial charge in [-0.25, -0.2) is 4.39 Å². The summed E-state index contributed by atoms with van der Waals surface area (Å²) in [5, 5.41) is 11.6. The zero-order valence-electron chi connectivity index (χ0n) is 14.1. The van der Waals surface area contributed by atoms with Gasteiger partial charge in [-0.05, 0) is 42.0 Å². The van der Waals surface area contributed by atoms with E-state index in [1.807, 2.05) is 6.07 Å². The van der Waals surface area contributed by atoms with Crippen molar-refractivity contribution < 1.29 is 14.0 Å². The van der Waals surface area contributed by atoms with Gasteiger partial charge in [0.2, 0.25) is 0 Å². The van der Waals surface area contributed by atoms with Crippen LogP contribution in [0.25, 0.3) is 0 Å². The van der Waals surface area contributed by atoms with Crippen LogP contribution in [0.15, 0.2) is 71.7 Å². The van der Waals surface area contributed by atoms with Gasteiger partial charge in [0.1, 0.15) is 24.1 Å². The predicted molar refractivity (Wildman–Crippen MR) is 96.5 cm³/mol. The monoisotopic (exact) mass is 363 g/mol. The number of nitriles is 1. The molecule has 0 aliphatic rings. The highest BCUT2D eigenvalue weighted by molar-refractivity contribution is 6.04. The molecule has 134 valence electrons. The average molecular weight is 363 g/mol. The number of halogens is 1. The number of hydrogen-bond donors (Lipinski definition) is 1. The Morgan fingerprint density at radius 3 is 2.59 bits per heavy atom. The summed E-state index contributed by atoms with van der Waals surface area (Å²) in [7, 11) is 0. The maximum atomic E-state index is 12.9. The molecule has 2 aromatic carbocycles. The van der Waals surface area contributed by atoms with Crippen LogP contribution in [0.5, 0.6) is 0 Å². The van der Waals surface area contributed by atoms with E-state index >= 15 is 0 Å². The van der Waals surface area contributed by atoms with E-state index in [1.54, 1.807) is 24.3 Å². The normalized spacial score (nSPS) is 10.1. The van der Waals surface area contributed by atoms with Crippen molar-refractivity contribution in [1.82, 2.24) is 4.73 Å². The Kier molecular flexibility index (Phi) is 5.28. The first-order chi connectivity index (χ1) is 13.1. The summed E-state index contributed by atoms with van der Waals surface area (Å²) in [5.41, 5.74) is 0.485. The minimum Gasteiger partial charge on any atom is -0.406 e. The molecule has 27 heavy (non-hydrogen) atoms. The maximum absolute atomic E-state index is 12.9. The van der Waals surface area contributed by atoms with Crippen LogP contribution in [0.2, 0.25) is 0 Å². The van der Waals surface area contributed by atoms with Crippen LogP contribution in [0.3, 0.4) is 0 Å². The van der Waals surface area contributed by atoms with Gasteiger partial charge >= 0.3 is 0 Å². The maximum Gasteiger partial charge on any atom is 0.295 e.